The zero-order valence-corrected chi connectivity index (χ0v) is 20.0. The second-order valence-corrected chi connectivity index (χ2v) is 9.57. The number of hydrogen-bond acceptors (Lipinski definition) is 6. The summed E-state index contributed by atoms with van der Waals surface area (Å²) in [5.41, 5.74) is 0.803. The van der Waals surface area contributed by atoms with Crippen LogP contribution in [0.1, 0.15) is 37.4 Å². The van der Waals surface area contributed by atoms with Crippen molar-refractivity contribution >= 4 is 40.9 Å². The van der Waals surface area contributed by atoms with Gasteiger partial charge < -0.3 is 19.4 Å². The van der Waals surface area contributed by atoms with Crippen molar-refractivity contribution in [3.8, 4) is 11.5 Å². The smallest absolute Gasteiger partial charge is 0.233 e. The minimum atomic E-state index is -0.400. The summed E-state index contributed by atoms with van der Waals surface area (Å²) in [5.74, 6) is 1.88. The van der Waals surface area contributed by atoms with E-state index < -0.39 is 5.25 Å². The van der Waals surface area contributed by atoms with Gasteiger partial charge in [-0.05, 0) is 43.7 Å². The molecule has 32 heavy (non-hydrogen) atoms. The van der Waals surface area contributed by atoms with Crippen molar-refractivity contribution in [2.45, 2.75) is 36.4 Å². The Bertz CT molecular complexity index is 1140. The van der Waals surface area contributed by atoms with E-state index in [2.05, 4.69) is 15.5 Å². The quantitative estimate of drug-likeness (QED) is 0.488. The molecular weight excluding hydrogens is 471 g/mol. The molecule has 1 aromatic heterocycles. The molecule has 0 radical (unpaired) electrons. The van der Waals surface area contributed by atoms with Crippen LogP contribution in [0.15, 0.2) is 47.6 Å². The van der Waals surface area contributed by atoms with Crippen LogP contribution in [0.3, 0.4) is 0 Å². The number of halogens is 2. The first-order valence-corrected chi connectivity index (χ1v) is 11.7. The standard InChI is InChI=1S/C22H22Cl2N4O3S/c1-12(15-9-8-14(23)10-16(15)24)25-21(29)13(2)32-22-27-26-20(28(22)3)19-11-30-17-6-4-5-7-18(17)31-19/h4-10,12-13,19H,11H2,1-3H3,(H,25,29)/t12-,13-,19-/m0/s1. The summed E-state index contributed by atoms with van der Waals surface area (Å²) >= 11 is 13.5. The van der Waals surface area contributed by atoms with Crippen molar-refractivity contribution < 1.29 is 14.3 Å². The number of hydrogen-bond donors (Lipinski definition) is 1. The summed E-state index contributed by atoms with van der Waals surface area (Å²) in [6, 6.07) is 12.5. The van der Waals surface area contributed by atoms with E-state index in [9.17, 15) is 4.79 Å². The van der Waals surface area contributed by atoms with Gasteiger partial charge in [0, 0.05) is 17.1 Å². The molecule has 3 aromatic rings. The summed E-state index contributed by atoms with van der Waals surface area (Å²) in [4.78, 5) is 12.8. The Kier molecular flexibility index (Phi) is 6.83. The number of benzene rings is 2. The molecule has 1 N–H and O–H groups in total. The topological polar surface area (TPSA) is 78.3 Å². The highest BCUT2D eigenvalue weighted by atomic mass is 35.5. The third-order valence-corrected chi connectivity index (χ3v) is 6.80. The lowest BCUT2D eigenvalue weighted by Crippen LogP contribution is -2.33. The highest BCUT2D eigenvalue weighted by molar-refractivity contribution is 8.00. The fourth-order valence-corrected chi connectivity index (χ4v) is 4.73. The van der Waals surface area contributed by atoms with Crippen molar-refractivity contribution in [3.05, 3.63) is 63.9 Å². The molecule has 0 spiro atoms. The van der Waals surface area contributed by atoms with Crippen LogP contribution in [0.25, 0.3) is 0 Å². The average Bonchev–Trinajstić information content (AvgIpc) is 3.13. The number of ether oxygens (including phenoxy) is 2. The summed E-state index contributed by atoms with van der Waals surface area (Å²) < 4.78 is 13.6. The van der Waals surface area contributed by atoms with Gasteiger partial charge in [-0.15, -0.1) is 10.2 Å². The number of thioether (sulfide) groups is 1. The van der Waals surface area contributed by atoms with E-state index >= 15 is 0 Å². The molecular formula is C22H22Cl2N4O3S. The van der Waals surface area contributed by atoms with Crippen LogP contribution in [0.2, 0.25) is 10.0 Å². The van der Waals surface area contributed by atoms with Gasteiger partial charge in [0.05, 0.1) is 11.3 Å². The second-order valence-electron chi connectivity index (χ2n) is 7.42. The molecule has 7 nitrogen and oxygen atoms in total. The molecule has 10 heteroatoms. The molecule has 0 bridgehead atoms. The van der Waals surface area contributed by atoms with Crippen molar-refractivity contribution in [1.82, 2.24) is 20.1 Å². The maximum Gasteiger partial charge on any atom is 0.233 e. The molecule has 168 valence electrons. The van der Waals surface area contributed by atoms with Crippen LogP contribution in [0.4, 0.5) is 0 Å². The summed E-state index contributed by atoms with van der Waals surface area (Å²) in [7, 11) is 1.85. The van der Waals surface area contributed by atoms with Gasteiger partial charge in [-0.1, -0.05) is 53.2 Å². The van der Waals surface area contributed by atoms with Crippen LogP contribution in [-0.4, -0.2) is 32.5 Å². The van der Waals surface area contributed by atoms with Gasteiger partial charge in [0.2, 0.25) is 5.91 Å². The van der Waals surface area contributed by atoms with E-state index in [-0.39, 0.29) is 18.1 Å². The predicted octanol–water partition coefficient (Wildman–Crippen LogP) is 4.99. The number of para-hydroxylation sites is 2. The Hall–Kier alpha value is -2.42. The lowest BCUT2D eigenvalue weighted by molar-refractivity contribution is -0.120. The van der Waals surface area contributed by atoms with Gasteiger partial charge in [0.25, 0.3) is 0 Å². The van der Waals surface area contributed by atoms with Gasteiger partial charge in [0.1, 0.15) is 6.61 Å². The lowest BCUT2D eigenvalue weighted by atomic mass is 10.1. The molecule has 0 saturated carbocycles. The number of rotatable bonds is 6. The van der Waals surface area contributed by atoms with E-state index in [1.165, 1.54) is 11.8 Å². The highest BCUT2D eigenvalue weighted by Gasteiger charge is 2.28. The Morgan fingerprint density at radius 3 is 2.69 bits per heavy atom. The zero-order chi connectivity index (χ0) is 22.8. The molecule has 2 heterocycles. The second kappa shape index (κ2) is 9.60. The molecule has 1 aliphatic rings. The van der Waals surface area contributed by atoms with Crippen molar-refractivity contribution in [2.75, 3.05) is 6.61 Å². The largest absolute Gasteiger partial charge is 0.485 e. The zero-order valence-electron chi connectivity index (χ0n) is 17.7. The minimum absolute atomic E-state index is 0.135. The molecule has 3 atom stereocenters. The number of nitrogens with zero attached hydrogens (tertiary/aromatic N) is 3. The number of fused-ring (bicyclic) bond motifs is 1. The fraction of sp³-hybridized carbons (Fsp3) is 0.318. The Morgan fingerprint density at radius 2 is 1.94 bits per heavy atom. The monoisotopic (exact) mass is 492 g/mol. The SMILES string of the molecule is C[C@H](Sc1nnc([C@@H]2COc3ccccc3O2)n1C)C(=O)N[C@@H](C)c1ccc(Cl)cc1Cl. The number of aromatic nitrogens is 3. The maximum atomic E-state index is 12.8. The first kappa shape index (κ1) is 22.8. The third kappa shape index (κ3) is 4.82. The van der Waals surface area contributed by atoms with Gasteiger partial charge in [0.15, 0.2) is 28.6 Å². The summed E-state index contributed by atoms with van der Waals surface area (Å²) in [6.07, 6.45) is -0.382. The van der Waals surface area contributed by atoms with E-state index in [4.69, 9.17) is 32.7 Å². The molecule has 0 fully saturated rings. The van der Waals surface area contributed by atoms with Crippen LogP contribution in [-0.2, 0) is 11.8 Å². The maximum absolute atomic E-state index is 12.8. The minimum Gasteiger partial charge on any atom is -0.485 e. The van der Waals surface area contributed by atoms with Gasteiger partial charge in [-0.25, -0.2) is 0 Å². The number of carbonyl (C=O) groups excluding carboxylic acids is 1. The normalized spacial score (nSPS) is 17.0. The van der Waals surface area contributed by atoms with Crippen molar-refractivity contribution in [2.24, 2.45) is 7.05 Å². The van der Waals surface area contributed by atoms with Gasteiger partial charge >= 0.3 is 0 Å². The highest BCUT2D eigenvalue weighted by Crippen LogP contribution is 2.36. The first-order chi connectivity index (χ1) is 15.3. The first-order valence-electron chi connectivity index (χ1n) is 10.0. The molecule has 0 saturated heterocycles. The summed E-state index contributed by atoms with van der Waals surface area (Å²) in [5, 5.41) is 12.8. The third-order valence-electron chi connectivity index (χ3n) is 5.10. The Morgan fingerprint density at radius 1 is 1.19 bits per heavy atom. The van der Waals surface area contributed by atoms with Crippen LogP contribution in [0, 0.1) is 0 Å². The van der Waals surface area contributed by atoms with E-state index in [1.807, 2.05) is 55.8 Å². The van der Waals surface area contributed by atoms with Crippen LogP contribution in [0.5, 0.6) is 11.5 Å². The van der Waals surface area contributed by atoms with Crippen molar-refractivity contribution in [1.29, 1.82) is 0 Å². The molecule has 2 aromatic carbocycles. The molecule has 1 amide bonds. The summed E-state index contributed by atoms with van der Waals surface area (Å²) in [6.45, 7) is 4.03. The van der Waals surface area contributed by atoms with Crippen LogP contribution >= 0.6 is 35.0 Å². The van der Waals surface area contributed by atoms with Gasteiger partial charge in [-0.3, -0.25) is 4.79 Å². The number of carbonyl (C=O) groups is 1. The molecule has 0 unspecified atom stereocenters. The van der Waals surface area contributed by atoms with Crippen molar-refractivity contribution in [3.63, 3.8) is 0 Å². The average molecular weight is 493 g/mol. The van der Waals surface area contributed by atoms with Gasteiger partial charge in [-0.2, -0.15) is 0 Å². The number of amides is 1. The van der Waals surface area contributed by atoms with Crippen LogP contribution < -0.4 is 14.8 Å². The predicted molar refractivity (Wildman–Crippen MR) is 125 cm³/mol. The molecule has 4 rings (SSSR count). The Balaban J connectivity index is 1.40. The number of nitrogens with one attached hydrogen (secondary N) is 1. The molecule has 1 aliphatic heterocycles. The fourth-order valence-electron chi connectivity index (χ4n) is 3.33. The van der Waals surface area contributed by atoms with E-state index in [1.54, 1.807) is 12.1 Å². The van der Waals surface area contributed by atoms with E-state index in [0.29, 0.717) is 39.1 Å². The Labute approximate surface area is 200 Å². The van der Waals surface area contributed by atoms with E-state index in [0.717, 1.165) is 5.56 Å². The lowest BCUT2D eigenvalue weighted by Gasteiger charge is -2.25. The molecule has 0 aliphatic carbocycles.